The zero-order chi connectivity index (χ0) is 15.8. The topological polar surface area (TPSA) is 142 Å². The van der Waals surface area contributed by atoms with Crippen LogP contribution >= 0.6 is 11.8 Å². The number of urea groups is 1. The summed E-state index contributed by atoms with van der Waals surface area (Å²) in [6.45, 7) is -0.278. The van der Waals surface area contributed by atoms with Crippen molar-refractivity contribution in [2.75, 3.05) is 12.3 Å². The van der Waals surface area contributed by atoms with Crippen LogP contribution in [0.5, 0.6) is 0 Å². The molecule has 0 radical (unpaired) electrons. The molecule has 3 atom stereocenters. The number of aliphatic carboxylic acids is 2. The quantitative estimate of drug-likeness (QED) is 0.338. The number of rotatable bonds is 6. The highest BCUT2D eigenvalue weighted by Gasteiger charge is 2.42. The molecule has 2 aliphatic rings. The Kier molecular flexibility index (Phi) is 7.30. The number of nitrogens with two attached hydrogens (primary N) is 1. The van der Waals surface area contributed by atoms with Gasteiger partial charge in [0, 0.05) is 17.4 Å². The number of fused-ring (bicyclic) bond motifs is 1. The van der Waals surface area contributed by atoms with Crippen LogP contribution in [0.3, 0.4) is 0 Å². The molecule has 9 heteroatoms. The van der Waals surface area contributed by atoms with Gasteiger partial charge in [0.15, 0.2) is 0 Å². The zero-order valence-corrected chi connectivity index (χ0v) is 12.4. The maximum Gasteiger partial charge on any atom is 0.317 e. The summed E-state index contributed by atoms with van der Waals surface area (Å²) in [5.74, 6) is -0.731. The second kappa shape index (κ2) is 8.73. The van der Waals surface area contributed by atoms with Crippen molar-refractivity contribution in [3.63, 3.8) is 0 Å². The molecule has 0 bridgehead atoms. The molecule has 0 saturated carbocycles. The van der Waals surface area contributed by atoms with Crippen molar-refractivity contribution >= 4 is 29.7 Å². The van der Waals surface area contributed by atoms with Crippen LogP contribution in [0.1, 0.15) is 25.7 Å². The first-order valence-corrected chi connectivity index (χ1v) is 7.81. The van der Waals surface area contributed by atoms with Gasteiger partial charge >= 0.3 is 18.0 Å². The molecule has 2 heterocycles. The highest BCUT2D eigenvalue weighted by Crippen LogP contribution is 2.33. The minimum absolute atomic E-state index is 0.0640. The van der Waals surface area contributed by atoms with Crippen molar-refractivity contribution in [3.05, 3.63) is 0 Å². The lowest BCUT2D eigenvalue weighted by Crippen LogP contribution is -2.36. The van der Waals surface area contributed by atoms with Crippen LogP contribution in [-0.2, 0) is 9.59 Å². The number of carbonyl (C=O) groups excluding carboxylic acids is 1. The van der Waals surface area contributed by atoms with E-state index in [2.05, 4.69) is 16.4 Å². The van der Waals surface area contributed by atoms with E-state index in [0.29, 0.717) is 5.25 Å². The Bertz CT molecular complexity index is 393. The predicted octanol–water partition coefficient (Wildman–Crippen LogP) is -0.173. The molecule has 120 valence electrons. The first-order valence-electron chi connectivity index (χ1n) is 6.76. The molecule has 21 heavy (non-hydrogen) atoms. The molecule has 0 unspecified atom stereocenters. The summed E-state index contributed by atoms with van der Waals surface area (Å²) in [7, 11) is 0. The van der Waals surface area contributed by atoms with E-state index in [1.54, 1.807) is 0 Å². The lowest BCUT2D eigenvalue weighted by atomic mass is 10.0. The van der Waals surface area contributed by atoms with Crippen LogP contribution in [0.25, 0.3) is 0 Å². The molecule has 0 aromatic carbocycles. The van der Waals surface area contributed by atoms with E-state index in [4.69, 9.17) is 10.2 Å². The summed E-state index contributed by atoms with van der Waals surface area (Å²) in [6, 6.07) is 0.440. The Morgan fingerprint density at radius 1 is 1.24 bits per heavy atom. The summed E-state index contributed by atoms with van der Waals surface area (Å²) in [5, 5.41) is 22.4. The van der Waals surface area contributed by atoms with Gasteiger partial charge in [0.25, 0.3) is 0 Å². The summed E-state index contributed by atoms with van der Waals surface area (Å²) >= 11 is 1.87. The van der Waals surface area contributed by atoms with Crippen molar-refractivity contribution in [2.24, 2.45) is 5.73 Å². The summed E-state index contributed by atoms with van der Waals surface area (Å²) in [6.07, 6.45) is 2.88. The Labute approximate surface area is 126 Å². The first-order chi connectivity index (χ1) is 9.93. The zero-order valence-electron chi connectivity index (χ0n) is 11.6. The fraction of sp³-hybridized carbons (Fsp3) is 0.750. The number of carbonyl (C=O) groups is 3. The Morgan fingerprint density at radius 2 is 1.90 bits per heavy atom. The van der Waals surface area contributed by atoms with E-state index >= 15 is 0 Å². The van der Waals surface area contributed by atoms with Crippen molar-refractivity contribution in [3.8, 4) is 0 Å². The van der Waals surface area contributed by atoms with Crippen molar-refractivity contribution in [2.45, 2.75) is 43.0 Å². The molecule has 2 rings (SSSR count). The average Bonchev–Trinajstić information content (AvgIpc) is 2.95. The fourth-order valence-electron chi connectivity index (χ4n) is 2.26. The number of thioether (sulfide) groups is 1. The maximum atomic E-state index is 11.1. The molecular formula is C12H21N3O5S. The molecule has 2 aliphatic heterocycles. The average molecular weight is 319 g/mol. The van der Waals surface area contributed by atoms with Gasteiger partial charge in [0.2, 0.25) is 0 Å². The van der Waals surface area contributed by atoms with Gasteiger partial charge < -0.3 is 26.6 Å². The normalized spacial score (nSPS) is 26.1. The SMILES string of the molecule is NCC(=O)O.O=C(O)CCCC[C@@H]1SC[C@@H]2NC(=O)N[C@@H]21. The van der Waals surface area contributed by atoms with Crippen molar-refractivity contribution in [1.82, 2.24) is 10.6 Å². The highest BCUT2D eigenvalue weighted by molar-refractivity contribution is 8.00. The maximum absolute atomic E-state index is 11.1. The van der Waals surface area contributed by atoms with Gasteiger partial charge in [-0.25, -0.2) is 4.79 Å². The van der Waals surface area contributed by atoms with Gasteiger partial charge in [0.05, 0.1) is 18.6 Å². The summed E-state index contributed by atoms with van der Waals surface area (Å²) in [4.78, 5) is 30.7. The number of hydrogen-bond donors (Lipinski definition) is 5. The fourth-order valence-corrected chi connectivity index (χ4v) is 3.81. The molecule has 2 amide bonds. The number of carboxylic acids is 2. The van der Waals surface area contributed by atoms with Crippen molar-refractivity contribution < 1.29 is 24.6 Å². The summed E-state index contributed by atoms with van der Waals surface area (Å²) in [5.41, 5.74) is 4.57. The monoisotopic (exact) mass is 319 g/mol. The number of amides is 2. The lowest BCUT2D eigenvalue weighted by Gasteiger charge is -2.16. The lowest BCUT2D eigenvalue weighted by molar-refractivity contribution is -0.137. The van der Waals surface area contributed by atoms with Gasteiger partial charge in [0.1, 0.15) is 0 Å². The molecule has 0 spiro atoms. The number of unbranched alkanes of at least 4 members (excludes halogenated alkanes) is 1. The molecular weight excluding hydrogens is 298 g/mol. The number of hydrogen-bond acceptors (Lipinski definition) is 5. The minimum Gasteiger partial charge on any atom is -0.481 e. The predicted molar refractivity (Wildman–Crippen MR) is 78.3 cm³/mol. The Balaban J connectivity index is 0.000000383. The van der Waals surface area contributed by atoms with Crippen molar-refractivity contribution in [1.29, 1.82) is 0 Å². The van der Waals surface area contributed by atoms with Crippen LogP contribution in [0.4, 0.5) is 4.79 Å². The minimum atomic E-state index is -0.968. The number of carboxylic acid groups (broad SMARTS) is 2. The van der Waals surface area contributed by atoms with E-state index in [1.807, 2.05) is 11.8 Å². The van der Waals surface area contributed by atoms with Gasteiger partial charge in [-0.15, -0.1) is 0 Å². The smallest absolute Gasteiger partial charge is 0.317 e. The highest BCUT2D eigenvalue weighted by atomic mass is 32.2. The van der Waals surface area contributed by atoms with E-state index < -0.39 is 11.9 Å². The van der Waals surface area contributed by atoms with Crippen LogP contribution in [0, 0.1) is 0 Å². The van der Waals surface area contributed by atoms with Crippen LogP contribution < -0.4 is 16.4 Å². The van der Waals surface area contributed by atoms with Gasteiger partial charge in [-0.2, -0.15) is 11.8 Å². The molecule has 8 nitrogen and oxygen atoms in total. The van der Waals surface area contributed by atoms with Gasteiger partial charge in [-0.1, -0.05) is 6.42 Å². The second-order valence-corrected chi connectivity index (χ2v) is 6.13. The third kappa shape index (κ3) is 6.21. The summed E-state index contributed by atoms with van der Waals surface area (Å²) < 4.78 is 0. The van der Waals surface area contributed by atoms with E-state index in [9.17, 15) is 14.4 Å². The van der Waals surface area contributed by atoms with Gasteiger partial charge in [-0.3, -0.25) is 9.59 Å². The molecule has 2 fully saturated rings. The second-order valence-electron chi connectivity index (χ2n) is 4.86. The molecule has 0 aromatic heterocycles. The molecule has 0 aliphatic carbocycles. The van der Waals surface area contributed by atoms with E-state index in [-0.39, 0.29) is 31.1 Å². The third-order valence-electron chi connectivity index (χ3n) is 3.24. The van der Waals surface area contributed by atoms with E-state index in [1.165, 1.54) is 0 Å². The molecule has 2 saturated heterocycles. The van der Waals surface area contributed by atoms with Crippen LogP contribution in [0.2, 0.25) is 0 Å². The largest absolute Gasteiger partial charge is 0.481 e. The Morgan fingerprint density at radius 3 is 2.48 bits per heavy atom. The molecule has 6 N–H and O–H groups in total. The Hall–Kier alpha value is -1.48. The van der Waals surface area contributed by atoms with Gasteiger partial charge in [-0.05, 0) is 12.8 Å². The van der Waals surface area contributed by atoms with Crippen LogP contribution in [0.15, 0.2) is 0 Å². The number of nitrogens with one attached hydrogen (secondary N) is 2. The third-order valence-corrected chi connectivity index (χ3v) is 4.75. The van der Waals surface area contributed by atoms with Crippen LogP contribution in [-0.4, -0.2) is 57.8 Å². The standard InChI is InChI=1S/C10H16N2O3S.C2H5NO2/c13-8(14)4-2-1-3-7-9-6(5-16-7)11-10(15)12-9;3-1-2(4)5/h6-7,9H,1-5H2,(H,13,14)(H2,11,12,15);1,3H2,(H,4,5)/t6-,7-,9-;/m0./s1. The molecule has 0 aromatic rings. The van der Waals surface area contributed by atoms with E-state index in [0.717, 1.165) is 25.0 Å². The first kappa shape index (κ1) is 17.6.